The predicted molar refractivity (Wildman–Crippen MR) is 77.3 cm³/mol. The third-order valence-electron chi connectivity index (χ3n) is 3.17. The van der Waals surface area contributed by atoms with E-state index in [2.05, 4.69) is 36.5 Å². The molecule has 0 saturated carbocycles. The summed E-state index contributed by atoms with van der Waals surface area (Å²) in [5.41, 5.74) is 2.28. The van der Waals surface area contributed by atoms with Crippen molar-refractivity contribution < 1.29 is 9.52 Å². The summed E-state index contributed by atoms with van der Waals surface area (Å²) in [4.78, 5) is 0. The lowest BCUT2D eigenvalue weighted by molar-refractivity contribution is 0.299. The number of aliphatic hydroxyl groups excluding tert-OH is 1. The Bertz CT molecular complexity index is 462. The van der Waals surface area contributed by atoms with Crippen LogP contribution in [-0.2, 0) is 12.8 Å². The number of aryl methyl sites for hydroxylation is 1. The van der Waals surface area contributed by atoms with Crippen LogP contribution in [0, 0.1) is 0 Å². The van der Waals surface area contributed by atoms with Crippen LogP contribution in [0.15, 0.2) is 47.1 Å². The summed E-state index contributed by atoms with van der Waals surface area (Å²) in [6.45, 7) is 2.37. The fourth-order valence-electron chi connectivity index (χ4n) is 2.07. The summed E-state index contributed by atoms with van der Waals surface area (Å²) < 4.78 is 5.33. The van der Waals surface area contributed by atoms with Gasteiger partial charge >= 0.3 is 0 Å². The molecule has 2 aromatic rings. The van der Waals surface area contributed by atoms with Crippen LogP contribution in [0.2, 0.25) is 0 Å². The van der Waals surface area contributed by atoms with Gasteiger partial charge in [0.25, 0.3) is 0 Å². The highest BCUT2D eigenvalue weighted by atomic mass is 16.3. The molecule has 102 valence electrons. The van der Waals surface area contributed by atoms with Crippen LogP contribution in [0.25, 0.3) is 0 Å². The normalized spacial score (nSPS) is 12.3. The van der Waals surface area contributed by atoms with E-state index in [1.54, 1.807) is 6.26 Å². The molecule has 3 heteroatoms. The van der Waals surface area contributed by atoms with Gasteiger partial charge in [-0.25, -0.2) is 0 Å². The van der Waals surface area contributed by atoms with Crippen molar-refractivity contribution >= 4 is 5.69 Å². The zero-order valence-corrected chi connectivity index (χ0v) is 11.3. The lowest BCUT2D eigenvalue weighted by Crippen LogP contribution is -2.15. The summed E-state index contributed by atoms with van der Waals surface area (Å²) in [7, 11) is 0. The molecule has 2 rings (SSSR count). The van der Waals surface area contributed by atoms with Gasteiger partial charge in [-0.3, -0.25) is 0 Å². The molecule has 2 N–H and O–H groups in total. The minimum absolute atomic E-state index is 0.201. The number of nitrogens with one attached hydrogen (secondary N) is 1. The lowest BCUT2D eigenvalue weighted by Gasteiger charge is -2.15. The SMILES string of the molecule is CC(CCc1ccco1)Nc1ccc(CCO)cc1. The van der Waals surface area contributed by atoms with Gasteiger partial charge in [0.1, 0.15) is 5.76 Å². The first kappa shape index (κ1) is 13.7. The molecule has 0 bridgehead atoms. The van der Waals surface area contributed by atoms with Gasteiger partial charge in [0.15, 0.2) is 0 Å². The largest absolute Gasteiger partial charge is 0.469 e. The molecule has 0 aliphatic carbocycles. The van der Waals surface area contributed by atoms with Crippen LogP contribution < -0.4 is 5.32 Å². The number of rotatable bonds is 7. The van der Waals surface area contributed by atoms with Gasteiger partial charge in [0.05, 0.1) is 6.26 Å². The molecule has 19 heavy (non-hydrogen) atoms. The molecule has 1 aromatic heterocycles. The van der Waals surface area contributed by atoms with Gasteiger partial charge in [-0.15, -0.1) is 0 Å². The minimum atomic E-state index is 0.201. The average Bonchev–Trinajstić information content (AvgIpc) is 2.92. The molecular weight excluding hydrogens is 238 g/mol. The van der Waals surface area contributed by atoms with Crippen LogP contribution in [-0.4, -0.2) is 17.8 Å². The average molecular weight is 259 g/mol. The maximum absolute atomic E-state index is 8.87. The molecule has 0 radical (unpaired) electrons. The Kier molecular flexibility index (Phi) is 5.04. The second-order valence-electron chi connectivity index (χ2n) is 4.83. The maximum atomic E-state index is 8.87. The van der Waals surface area contributed by atoms with Gasteiger partial charge in [-0.05, 0) is 49.6 Å². The smallest absolute Gasteiger partial charge is 0.103 e. The van der Waals surface area contributed by atoms with Crippen molar-refractivity contribution in [2.75, 3.05) is 11.9 Å². The predicted octanol–water partition coefficient (Wildman–Crippen LogP) is 3.25. The summed E-state index contributed by atoms with van der Waals surface area (Å²) in [5.74, 6) is 1.03. The van der Waals surface area contributed by atoms with Crippen LogP contribution in [0.4, 0.5) is 5.69 Å². The van der Waals surface area contributed by atoms with E-state index < -0.39 is 0 Å². The van der Waals surface area contributed by atoms with Gasteiger partial charge in [-0.1, -0.05) is 12.1 Å². The Morgan fingerprint density at radius 1 is 1.16 bits per heavy atom. The van der Waals surface area contributed by atoms with Gasteiger partial charge in [-0.2, -0.15) is 0 Å². The molecule has 1 heterocycles. The summed E-state index contributed by atoms with van der Waals surface area (Å²) in [5, 5.41) is 12.3. The molecule has 0 amide bonds. The number of aliphatic hydroxyl groups is 1. The van der Waals surface area contributed by atoms with Crippen molar-refractivity contribution in [3.8, 4) is 0 Å². The molecule has 1 aromatic carbocycles. The molecule has 1 unspecified atom stereocenters. The first-order valence-electron chi connectivity index (χ1n) is 6.76. The highest BCUT2D eigenvalue weighted by Crippen LogP contribution is 2.13. The topological polar surface area (TPSA) is 45.4 Å². The minimum Gasteiger partial charge on any atom is -0.469 e. The molecule has 0 fully saturated rings. The Hall–Kier alpha value is -1.74. The summed E-state index contributed by atoms with van der Waals surface area (Å²) >= 11 is 0. The maximum Gasteiger partial charge on any atom is 0.103 e. The molecule has 0 aliphatic rings. The summed E-state index contributed by atoms with van der Waals surface area (Å²) in [6, 6.07) is 12.6. The van der Waals surface area contributed by atoms with Gasteiger partial charge in [0.2, 0.25) is 0 Å². The van der Waals surface area contributed by atoms with E-state index in [4.69, 9.17) is 9.52 Å². The van der Waals surface area contributed by atoms with Gasteiger partial charge < -0.3 is 14.8 Å². The number of hydrogen-bond donors (Lipinski definition) is 2. The fourth-order valence-corrected chi connectivity index (χ4v) is 2.07. The standard InChI is InChI=1S/C16H21NO2/c1-13(4-9-16-3-2-12-19-16)17-15-7-5-14(6-8-15)10-11-18/h2-3,5-8,12-13,17-18H,4,9-11H2,1H3. The molecule has 3 nitrogen and oxygen atoms in total. The third-order valence-corrected chi connectivity index (χ3v) is 3.17. The number of furan rings is 1. The van der Waals surface area contributed by atoms with E-state index in [0.29, 0.717) is 12.5 Å². The van der Waals surface area contributed by atoms with Gasteiger partial charge in [0, 0.05) is 24.8 Å². The van der Waals surface area contributed by atoms with Crippen molar-refractivity contribution in [1.82, 2.24) is 0 Å². The zero-order valence-electron chi connectivity index (χ0n) is 11.3. The summed E-state index contributed by atoms with van der Waals surface area (Å²) in [6.07, 6.45) is 4.41. The van der Waals surface area contributed by atoms with Crippen molar-refractivity contribution in [1.29, 1.82) is 0 Å². The van der Waals surface area contributed by atoms with Crippen LogP contribution in [0.5, 0.6) is 0 Å². The van der Waals surface area contributed by atoms with Crippen LogP contribution in [0.1, 0.15) is 24.7 Å². The number of benzene rings is 1. The number of hydrogen-bond acceptors (Lipinski definition) is 3. The lowest BCUT2D eigenvalue weighted by atomic mass is 10.1. The Morgan fingerprint density at radius 2 is 1.95 bits per heavy atom. The molecule has 1 atom stereocenters. The highest BCUT2D eigenvalue weighted by Gasteiger charge is 2.04. The van der Waals surface area contributed by atoms with Crippen molar-refractivity contribution in [3.05, 3.63) is 54.0 Å². The van der Waals surface area contributed by atoms with Crippen molar-refractivity contribution in [2.24, 2.45) is 0 Å². The van der Waals surface area contributed by atoms with E-state index in [1.165, 1.54) is 0 Å². The highest BCUT2D eigenvalue weighted by molar-refractivity contribution is 5.45. The first-order valence-corrected chi connectivity index (χ1v) is 6.76. The monoisotopic (exact) mass is 259 g/mol. The van der Waals surface area contributed by atoms with Crippen molar-refractivity contribution in [3.63, 3.8) is 0 Å². The fraction of sp³-hybridized carbons (Fsp3) is 0.375. The van der Waals surface area contributed by atoms with Crippen molar-refractivity contribution in [2.45, 2.75) is 32.2 Å². The molecule has 0 aliphatic heterocycles. The molecule has 0 saturated heterocycles. The second-order valence-corrected chi connectivity index (χ2v) is 4.83. The van der Waals surface area contributed by atoms with Crippen LogP contribution in [0.3, 0.4) is 0 Å². The molecule has 0 spiro atoms. The second kappa shape index (κ2) is 7.00. The quantitative estimate of drug-likeness (QED) is 0.802. The first-order chi connectivity index (χ1) is 9.28. The van der Waals surface area contributed by atoms with E-state index >= 15 is 0 Å². The Labute approximate surface area is 114 Å². The van der Waals surface area contributed by atoms with E-state index in [-0.39, 0.29) is 6.61 Å². The Morgan fingerprint density at radius 3 is 2.58 bits per heavy atom. The van der Waals surface area contributed by atoms with E-state index in [9.17, 15) is 0 Å². The van der Waals surface area contributed by atoms with E-state index in [0.717, 1.165) is 29.9 Å². The Balaban J connectivity index is 1.79. The molecular formula is C16H21NO2. The third kappa shape index (κ3) is 4.45. The van der Waals surface area contributed by atoms with Crippen LogP contribution >= 0.6 is 0 Å². The zero-order chi connectivity index (χ0) is 13.5. The number of anilines is 1. The van der Waals surface area contributed by atoms with E-state index in [1.807, 2.05) is 12.1 Å².